The zero-order valence-corrected chi connectivity index (χ0v) is 17.1. The highest BCUT2D eigenvalue weighted by Gasteiger charge is 2.59. The average Bonchev–Trinajstić information content (AvgIpc) is 3.06. The minimum absolute atomic E-state index is 0.173. The van der Waals surface area contributed by atoms with Crippen molar-refractivity contribution in [2.24, 2.45) is 5.41 Å². The van der Waals surface area contributed by atoms with Gasteiger partial charge in [-0.1, -0.05) is 0 Å². The van der Waals surface area contributed by atoms with E-state index in [4.69, 9.17) is 4.74 Å². The third-order valence-corrected chi connectivity index (χ3v) is 7.66. The van der Waals surface area contributed by atoms with Gasteiger partial charge in [-0.2, -0.15) is 0 Å². The number of amides is 1. The molecule has 29 heavy (non-hydrogen) atoms. The van der Waals surface area contributed by atoms with E-state index in [1.165, 1.54) is 12.3 Å². The molecule has 0 bridgehead atoms. The molecule has 1 saturated carbocycles. The quantitative estimate of drug-likeness (QED) is 0.723. The van der Waals surface area contributed by atoms with Crippen LogP contribution in [0.5, 0.6) is 5.75 Å². The number of hydrogen-bond donors (Lipinski definition) is 0. The van der Waals surface area contributed by atoms with Crippen molar-refractivity contribution in [3.05, 3.63) is 41.8 Å². The first-order valence-corrected chi connectivity index (χ1v) is 11.5. The van der Waals surface area contributed by atoms with Gasteiger partial charge in [0.15, 0.2) is 0 Å². The predicted molar refractivity (Wildman–Crippen MR) is 108 cm³/mol. The first-order valence-electron chi connectivity index (χ1n) is 9.92. The predicted octanol–water partition coefficient (Wildman–Crippen LogP) is 3.33. The number of hydrogen-bond acceptors (Lipinski definition) is 4. The first-order chi connectivity index (χ1) is 13.9. The topological polar surface area (TPSA) is 59.5 Å². The molecular formula is C22H23FN2O3S. The van der Waals surface area contributed by atoms with Crippen LogP contribution in [0.1, 0.15) is 31.2 Å². The second-order valence-electron chi connectivity index (χ2n) is 8.73. The van der Waals surface area contributed by atoms with Gasteiger partial charge >= 0.3 is 0 Å². The number of likely N-dealkylation sites (tertiary alicyclic amines) is 1. The fraction of sp³-hybridized carbons (Fsp3) is 0.455. The molecule has 7 heteroatoms. The fourth-order valence-electron chi connectivity index (χ4n) is 5.33. The van der Waals surface area contributed by atoms with Crippen LogP contribution in [-0.4, -0.2) is 45.4 Å². The van der Waals surface area contributed by atoms with Crippen molar-refractivity contribution in [2.45, 2.75) is 42.6 Å². The molecule has 3 heterocycles. The first kappa shape index (κ1) is 18.7. The number of fused-ring (bicyclic) bond motifs is 1. The van der Waals surface area contributed by atoms with E-state index in [0.29, 0.717) is 16.2 Å². The third-order valence-electron chi connectivity index (χ3n) is 6.74. The van der Waals surface area contributed by atoms with Gasteiger partial charge in [0.25, 0.3) is 0 Å². The largest absolute Gasteiger partial charge is 0.485 e. The van der Waals surface area contributed by atoms with Gasteiger partial charge in [-0.05, 0) is 55.4 Å². The zero-order chi connectivity index (χ0) is 20.2. The van der Waals surface area contributed by atoms with Gasteiger partial charge in [-0.25, -0.2) is 4.39 Å². The molecule has 0 N–H and O–H groups in total. The monoisotopic (exact) mass is 414 g/mol. The third kappa shape index (κ3) is 3.16. The molecule has 3 aliphatic rings. The molecule has 2 spiro atoms. The maximum absolute atomic E-state index is 14.5. The molecule has 1 aromatic heterocycles. The van der Waals surface area contributed by atoms with Crippen LogP contribution in [0.4, 0.5) is 4.39 Å². The Bertz CT molecular complexity index is 1010. The van der Waals surface area contributed by atoms with Gasteiger partial charge in [-0.3, -0.25) is 14.0 Å². The molecule has 5 nitrogen and oxygen atoms in total. The lowest BCUT2D eigenvalue weighted by molar-refractivity contribution is -0.134. The van der Waals surface area contributed by atoms with Crippen molar-refractivity contribution in [3.63, 3.8) is 0 Å². The summed E-state index contributed by atoms with van der Waals surface area (Å²) in [5.41, 5.74) is 2.17. The van der Waals surface area contributed by atoms with Crippen LogP contribution >= 0.6 is 0 Å². The number of benzene rings is 1. The van der Waals surface area contributed by atoms with E-state index in [0.717, 1.165) is 62.9 Å². The van der Waals surface area contributed by atoms with E-state index < -0.39 is 16.6 Å². The highest BCUT2D eigenvalue weighted by atomic mass is 32.2. The molecule has 2 aromatic rings. The minimum atomic E-state index is -1.22. The minimum Gasteiger partial charge on any atom is -0.485 e. The SMILES string of the molecule is CS(=O)c1ccc(-c2cc3c(cn2)OC2(C3)CC3(CCN(C=O)CC3)C2)c(F)c1. The Hall–Kier alpha value is -2.28. The number of ether oxygens (including phenoxy) is 1. The number of aromatic nitrogens is 1. The molecule has 0 radical (unpaired) electrons. The van der Waals surface area contributed by atoms with Crippen LogP contribution in [0.15, 0.2) is 35.4 Å². The number of pyridine rings is 1. The smallest absolute Gasteiger partial charge is 0.209 e. The number of halogens is 1. The average molecular weight is 415 g/mol. The summed E-state index contributed by atoms with van der Waals surface area (Å²) in [5, 5.41) is 0. The van der Waals surface area contributed by atoms with Gasteiger partial charge in [-0.15, -0.1) is 0 Å². The number of rotatable bonds is 3. The summed E-state index contributed by atoms with van der Waals surface area (Å²) in [4.78, 5) is 17.7. The van der Waals surface area contributed by atoms with Gasteiger partial charge in [0, 0.05) is 52.6 Å². The molecule has 5 rings (SSSR count). The van der Waals surface area contributed by atoms with Gasteiger partial charge in [0.05, 0.1) is 11.9 Å². The molecule has 152 valence electrons. The van der Waals surface area contributed by atoms with E-state index in [-0.39, 0.29) is 11.0 Å². The van der Waals surface area contributed by atoms with E-state index in [9.17, 15) is 13.4 Å². The summed E-state index contributed by atoms with van der Waals surface area (Å²) >= 11 is 0. The zero-order valence-electron chi connectivity index (χ0n) is 16.3. The normalized spacial score (nSPS) is 22.1. The van der Waals surface area contributed by atoms with Crippen molar-refractivity contribution < 1.29 is 18.1 Å². The Morgan fingerprint density at radius 1 is 1.24 bits per heavy atom. The summed E-state index contributed by atoms with van der Waals surface area (Å²) < 4.78 is 32.4. The number of carbonyl (C=O) groups excluding carboxylic acids is 1. The summed E-state index contributed by atoms with van der Waals surface area (Å²) in [6.45, 7) is 1.66. The second-order valence-corrected chi connectivity index (χ2v) is 10.1. The molecule has 1 aromatic carbocycles. The van der Waals surface area contributed by atoms with E-state index >= 15 is 0 Å². The molecule has 1 saturated heterocycles. The fourth-order valence-corrected chi connectivity index (χ4v) is 5.86. The van der Waals surface area contributed by atoms with Crippen LogP contribution in [-0.2, 0) is 22.0 Å². The van der Waals surface area contributed by atoms with Gasteiger partial charge < -0.3 is 9.64 Å². The Labute approximate surface area is 171 Å². The summed E-state index contributed by atoms with van der Waals surface area (Å²) in [6.07, 6.45) is 9.07. The van der Waals surface area contributed by atoms with E-state index in [1.807, 2.05) is 11.0 Å². The highest BCUT2D eigenvalue weighted by Crippen LogP contribution is 2.60. The Balaban J connectivity index is 1.33. The standard InChI is InChI=1S/C22H23FN2O3S/c1-29(27)16-2-3-17(18(23)9-16)19-8-15-10-22(28-20(15)11-24-19)12-21(13-22)4-6-25(14-26)7-5-21/h2-3,8-9,11,14H,4-7,10,12-13H2,1H3. The van der Waals surface area contributed by atoms with Crippen LogP contribution in [0.2, 0.25) is 0 Å². The number of carbonyl (C=O) groups is 1. The summed E-state index contributed by atoms with van der Waals surface area (Å²) in [7, 11) is -1.22. The number of nitrogens with zero attached hydrogens (tertiary/aromatic N) is 2. The molecule has 2 fully saturated rings. The summed E-state index contributed by atoms with van der Waals surface area (Å²) in [6, 6.07) is 6.57. The Kier molecular flexibility index (Phi) is 4.28. The maximum Gasteiger partial charge on any atom is 0.209 e. The highest BCUT2D eigenvalue weighted by molar-refractivity contribution is 7.84. The molecule has 1 aliphatic carbocycles. The lowest BCUT2D eigenvalue weighted by Crippen LogP contribution is -2.58. The van der Waals surface area contributed by atoms with Crippen LogP contribution in [0.3, 0.4) is 0 Å². The van der Waals surface area contributed by atoms with Gasteiger partial charge in [0.2, 0.25) is 6.41 Å². The molecule has 1 unspecified atom stereocenters. The Morgan fingerprint density at radius 3 is 2.66 bits per heavy atom. The lowest BCUT2D eigenvalue weighted by Gasteiger charge is -2.56. The van der Waals surface area contributed by atoms with Crippen molar-refractivity contribution in [1.82, 2.24) is 9.88 Å². The maximum atomic E-state index is 14.5. The second kappa shape index (κ2) is 6.62. The number of piperidine rings is 1. The van der Waals surface area contributed by atoms with Crippen molar-refractivity contribution >= 4 is 17.2 Å². The molecule has 1 atom stereocenters. The van der Waals surface area contributed by atoms with Crippen molar-refractivity contribution in [1.29, 1.82) is 0 Å². The van der Waals surface area contributed by atoms with Gasteiger partial charge in [0.1, 0.15) is 17.2 Å². The molecule has 2 aliphatic heterocycles. The van der Waals surface area contributed by atoms with Crippen molar-refractivity contribution in [2.75, 3.05) is 19.3 Å². The van der Waals surface area contributed by atoms with Crippen LogP contribution < -0.4 is 4.74 Å². The Morgan fingerprint density at radius 2 is 2.00 bits per heavy atom. The molecular weight excluding hydrogens is 391 g/mol. The van der Waals surface area contributed by atoms with E-state index in [1.54, 1.807) is 18.3 Å². The van der Waals surface area contributed by atoms with Crippen molar-refractivity contribution in [3.8, 4) is 17.0 Å². The molecule has 1 amide bonds. The summed E-state index contributed by atoms with van der Waals surface area (Å²) in [5.74, 6) is 0.379. The van der Waals surface area contributed by atoms with Crippen LogP contribution in [0.25, 0.3) is 11.3 Å². The van der Waals surface area contributed by atoms with Crippen LogP contribution in [0, 0.1) is 11.2 Å². The van der Waals surface area contributed by atoms with E-state index in [2.05, 4.69) is 4.98 Å². The lowest BCUT2D eigenvalue weighted by atomic mass is 9.54.